The molecule has 0 saturated heterocycles. The van der Waals surface area contributed by atoms with Crippen LogP contribution in [0.5, 0.6) is 0 Å². The summed E-state index contributed by atoms with van der Waals surface area (Å²) in [6.45, 7) is -0.466. The van der Waals surface area contributed by atoms with Gasteiger partial charge in [0.05, 0.1) is 11.1 Å². The Labute approximate surface area is 108 Å². The highest BCUT2D eigenvalue weighted by atomic mass is 19.1. The molecule has 0 heterocycles. The van der Waals surface area contributed by atoms with Crippen LogP contribution in [0.3, 0.4) is 0 Å². The van der Waals surface area contributed by atoms with Crippen LogP contribution < -0.4 is 5.73 Å². The Hall–Kier alpha value is -2.43. The average Bonchev–Trinajstić information content (AvgIpc) is 2.38. The van der Waals surface area contributed by atoms with Crippen molar-refractivity contribution in [2.24, 2.45) is 0 Å². The predicted molar refractivity (Wildman–Crippen MR) is 66.3 cm³/mol. The maximum absolute atomic E-state index is 13.3. The van der Waals surface area contributed by atoms with E-state index in [4.69, 9.17) is 10.5 Å². The Morgan fingerprint density at radius 1 is 1.11 bits per heavy atom. The van der Waals surface area contributed by atoms with Crippen LogP contribution in [0.15, 0.2) is 42.5 Å². The van der Waals surface area contributed by atoms with Crippen LogP contribution in [-0.2, 0) is 11.3 Å². The molecule has 0 spiro atoms. The van der Waals surface area contributed by atoms with E-state index in [2.05, 4.69) is 0 Å². The number of carbonyl (C=O) groups is 1. The van der Waals surface area contributed by atoms with Gasteiger partial charge in [0, 0.05) is 5.69 Å². The molecular formula is C14H11F2NO2. The van der Waals surface area contributed by atoms with Crippen molar-refractivity contribution < 1.29 is 18.3 Å². The summed E-state index contributed by atoms with van der Waals surface area (Å²) in [4.78, 5) is 11.7. The Bertz CT molecular complexity index is 594. The molecule has 2 N–H and O–H groups in total. The third-order valence-electron chi connectivity index (χ3n) is 2.53. The monoisotopic (exact) mass is 263 g/mol. The van der Waals surface area contributed by atoms with Crippen molar-refractivity contribution in [2.45, 2.75) is 6.61 Å². The fourth-order valence-electron chi connectivity index (χ4n) is 1.56. The Balaban J connectivity index is 2.09. The summed E-state index contributed by atoms with van der Waals surface area (Å²) in [7, 11) is 0. The molecule has 19 heavy (non-hydrogen) atoms. The lowest BCUT2D eigenvalue weighted by atomic mass is 10.2. The number of halogens is 2. The highest BCUT2D eigenvalue weighted by molar-refractivity contribution is 5.90. The van der Waals surface area contributed by atoms with E-state index < -0.39 is 24.2 Å². The smallest absolute Gasteiger partial charge is 0.338 e. The Morgan fingerprint density at radius 3 is 2.37 bits per heavy atom. The van der Waals surface area contributed by atoms with Gasteiger partial charge in [-0.3, -0.25) is 0 Å². The Morgan fingerprint density at radius 2 is 1.74 bits per heavy atom. The van der Waals surface area contributed by atoms with Crippen molar-refractivity contribution >= 4 is 11.7 Å². The van der Waals surface area contributed by atoms with E-state index in [1.54, 1.807) is 12.1 Å². The molecule has 0 aliphatic carbocycles. The van der Waals surface area contributed by atoms with E-state index >= 15 is 0 Å². The number of ether oxygens (including phenoxy) is 1. The zero-order valence-corrected chi connectivity index (χ0v) is 9.90. The van der Waals surface area contributed by atoms with Crippen LogP contribution in [0.25, 0.3) is 0 Å². The number of benzene rings is 2. The van der Waals surface area contributed by atoms with Crippen LogP contribution in [0, 0.1) is 11.6 Å². The first-order valence-electron chi connectivity index (χ1n) is 5.53. The molecule has 0 fully saturated rings. The highest BCUT2D eigenvalue weighted by Crippen LogP contribution is 2.15. The summed E-state index contributed by atoms with van der Waals surface area (Å²) in [5, 5.41) is 0. The molecule has 2 aromatic carbocycles. The average molecular weight is 263 g/mol. The first kappa shape index (κ1) is 13.0. The molecule has 2 rings (SSSR count). The summed E-state index contributed by atoms with van der Waals surface area (Å²) in [6.07, 6.45) is 0. The molecule has 0 unspecified atom stereocenters. The molecule has 5 heteroatoms. The molecule has 0 aromatic heterocycles. The normalized spacial score (nSPS) is 10.2. The van der Waals surface area contributed by atoms with Crippen molar-refractivity contribution in [1.82, 2.24) is 0 Å². The summed E-state index contributed by atoms with van der Waals surface area (Å²) in [5.74, 6) is -2.18. The summed E-state index contributed by atoms with van der Waals surface area (Å²) in [5.41, 5.74) is 5.89. The minimum absolute atomic E-state index is 0.233. The van der Waals surface area contributed by atoms with Gasteiger partial charge in [-0.2, -0.15) is 0 Å². The van der Waals surface area contributed by atoms with E-state index in [1.807, 2.05) is 0 Å². The lowest BCUT2D eigenvalue weighted by Gasteiger charge is -2.07. The van der Waals surface area contributed by atoms with Crippen LogP contribution in [0.2, 0.25) is 0 Å². The molecule has 0 aliphatic heterocycles. The van der Waals surface area contributed by atoms with Gasteiger partial charge in [-0.05, 0) is 30.3 Å². The van der Waals surface area contributed by atoms with Crippen molar-refractivity contribution in [3.63, 3.8) is 0 Å². The third-order valence-corrected chi connectivity index (χ3v) is 2.53. The number of carbonyl (C=O) groups excluding carboxylic acids is 1. The summed E-state index contributed by atoms with van der Waals surface area (Å²) in [6, 6.07) is 9.60. The standard InChI is InChI=1S/C14H11F2NO2/c15-12-5-2-6-13(16)11(12)8-19-14(18)9-3-1-4-10(17)7-9/h1-7H,8,17H2. The molecule has 0 bridgehead atoms. The molecule has 2 aromatic rings. The van der Waals surface area contributed by atoms with Crippen molar-refractivity contribution in [2.75, 3.05) is 5.73 Å². The SMILES string of the molecule is Nc1cccc(C(=O)OCc2c(F)cccc2F)c1. The van der Waals surface area contributed by atoms with Gasteiger partial charge in [0.25, 0.3) is 0 Å². The Kier molecular flexibility index (Phi) is 3.75. The first-order chi connectivity index (χ1) is 9.08. The zero-order valence-electron chi connectivity index (χ0n) is 9.90. The number of anilines is 1. The van der Waals surface area contributed by atoms with Crippen molar-refractivity contribution in [3.8, 4) is 0 Å². The van der Waals surface area contributed by atoms with E-state index in [1.165, 1.54) is 18.2 Å². The van der Waals surface area contributed by atoms with Gasteiger partial charge in [0.15, 0.2) is 0 Å². The molecule has 0 radical (unpaired) electrons. The minimum atomic E-state index is -0.750. The number of nitrogen functional groups attached to an aromatic ring is 1. The summed E-state index contributed by atoms with van der Waals surface area (Å²) >= 11 is 0. The molecule has 0 amide bonds. The lowest BCUT2D eigenvalue weighted by Crippen LogP contribution is -2.08. The highest BCUT2D eigenvalue weighted by Gasteiger charge is 2.12. The second-order valence-electron chi connectivity index (χ2n) is 3.90. The van der Waals surface area contributed by atoms with Gasteiger partial charge in [-0.1, -0.05) is 12.1 Å². The van der Waals surface area contributed by atoms with Crippen LogP contribution in [0.1, 0.15) is 15.9 Å². The van der Waals surface area contributed by atoms with E-state index in [0.717, 1.165) is 12.1 Å². The number of hydrogen-bond donors (Lipinski definition) is 1. The predicted octanol–water partition coefficient (Wildman–Crippen LogP) is 2.90. The zero-order chi connectivity index (χ0) is 13.8. The second-order valence-corrected chi connectivity index (χ2v) is 3.90. The molecule has 0 saturated carbocycles. The van der Waals surface area contributed by atoms with Gasteiger partial charge >= 0.3 is 5.97 Å². The van der Waals surface area contributed by atoms with Gasteiger partial charge < -0.3 is 10.5 Å². The number of esters is 1. The van der Waals surface area contributed by atoms with Crippen molar-refractivity contribution in [1.29, 1.82) is 0 Å². The van der Waals surface area contributed by atoms with Crippen molar-refractivity contribution in [3.05, 3.63) is 65.2 Å². The minimum Gasteiger partial charge on any atom is -0.457 e. The number of hydrogen-bond acceptors (Lipinski definition) is 3. The maximum atomic E-state index is 13.3. The maximum Gasteiger partial charge on any atom is 0.338 e. The number of nitrogens with two attached hydrogens (primary N) is 1. The van der Waals surface area contributed by atoms with Gasteiger partial charge in [0.1, 0.15) is 18.2 Å². The topological polar surface area (TPSA) is 52.3 Å². The van der Waals surface area contributed by atoms with Crippen LogP contribution in [0.4, 0.5) is 14.5 Å². The van der Waals surface area contributed by atoms with Crippen LogP contribution >= 0.6 is 0 Å². The van der Waals surface area contributed by atoms with E-state index in [0.29, 0.717) is 5.69 Å². The third kappa shape index (κ3) is 3.07. The summed E-state index contributed by atoms with van der Waals surface area (Å²) < 4.78 is 31.5. The lowest BCUT2D eigenvalue weighted by molar-refractivity contribution is 0.0465. The fourth-order valence-corrected chi connectivity index (χ4v) is 1.56. The van der Waals surface area contributed by atoms with Gasteiger partial charge in [0.2, 0.25) is 0 Å². The number of rotatable bonds is 3. The first-order valence-corrected chi connectivity index (χ1v) is 5.53. The van der Waals surface area contributed by atoms with E-state index in [9.17, 15) is 13.6 Å². The largest absolute Gasteiger partial charge is 0.457 e. The molecule has 3 nitrogen and oxygen atoms in total. The van der Waals surface area contributed by atoms with Gasteiger partial charge in [-0.15, -0.1) is 0 Å². The quantitative estimate of drug-likeness (QED) is 0.684. The van der Waals surface area contributed by atoms with Gasteiger partial charge in [-0.25, -0.2) is 13.6 Å². The van der Waals surface area contributed by atoms with E-state index in [-0.39, 0.29) is 11.1 Å². The second kappa shape index (κ2) is 5.48. The molecule has 0 aliphatic rings. The molecule has 98 valence electrons. The van der Waals surface area contributed by atoms with Crippen LogP contribution in [-0.4, -0.2) is 5.97 Å². The molecular weight excluding hydrogens is 252 g/mol. The molecule has 0 atom stereocenters. The fraction of sp³-hybridized carbons (Fsp3) is 0.0714.